The summed E-state index contributed by atoms with van der Waals surface area (Å²) in [5.74, 6) is 2.14. The lowest BCUT2D eigenvalue weighted by atomic mass is 9.85. The zero-order valence-corrected chi connectivity index (χ0v) is 15.3. The molecule has 5 heteroatoms. The third-order valence-corrected chi connectivity index (χ3v) is 5.76. The van der Waals surface area contributed by atoms with Crippen LogP contribution in [0.2, 0.25) is 0 Å². The number of hydrogen-bond donors (Lipinski definition) is 1. The normalized spacial score (nSPS) is 23.4. The van der Waals surface area contributed by atoms with Crippen LogP contribution in [0.1, 0.15) is 30.1 Å². The van der Waals surface area contributed by atoms with Crippen LogP contribution in [-0.4, -0.2) is 37.0 Å². The van der Waals surface area contributed by atoms with E-state index in [4.69, 9.17) is 9.47 Å². The number of anilines is 1. The molecule has 0 bridgehead atoms. The van der Waals surface area contributed by atoms with Gasteiger partial charge in [0.15, 0.2) is 0 Å². The first-order valence-corrected chi connectivity index (χ1v) is 9.80. The van der Waals surface area contributed by atoms with Crippen LogP contribution >= 0.6 is 0 Å². The number of nitrogens with one attached hydrogen (secondary N) is 1. The van der Waals surface area contributed by atoms with Crippen molar-refractivity contribution in [3.8, 4) is 11.5 Å². The Kier molecular flexibility index (Phi) is 4.24. The van der Waals surface area contributed by atoms with Gasteiger partial charge in [0.1, 0.15) is 17.6 Å². The Hall–Kier alpha value is -2.53. The van der Waals surface area contributed by atoms with E-state index < -0.39 is 0 Å². The highest BCUT2D eigenvalue weighted by Gasteiger charge is 2.37. The van der Waals surface area contributed by atoms with E-state index in [0.717, 1.165) is 42.3 Å². The summed E-state index contributed by atoms with van der Waals surface area (Å²) < 4.78 is 12.3. The van der Waals surface area contributed by atoms with Gasteiger partial charge in [-0.1, -0.05) is 18.2 Å². The van der Waals surface area contributed by atoms with Crippen molar-refractivity contribution in [1.82, 2.24) is 4.90 Å². The van der Waals surface area contributed by atoms with E-state index in [1.807, 2.05) is 36.4 Å². The maximum absolute atomic E-state index is 12.4. The minimum Gasteiger partial charge on any atom is -0.493 e. The van der Waals surface area contributed by atoms with Crippen LogP contribution in [0.4, 0.5) is 5.69 Å². The van der Waals surface area contributed by atoms with Crippen molar-refractivity contribution in [2.24, 2.45) is 5.92 Å². The molecule has 0 unspecified atom stereocenters. The number of nitrogens with zero attached hydrogens (tertiary/aromatic N) is 1. The van der Waals surface area contributed by atoms with Gasteiger partial charge in [0.05, 0.1) is 13.2 Å². The molecule has 0 aliphatic carbocycles. The molecule has 2 atom stereocenters. The molecule has 1 N–H and O–H groups in total. The van der Waals surface area contributed by atoms with Crippen LogP contribution in [0.3, 0.4) is 0 Å². The molecular weight excluding hydrogens is 340 g/mol. The number of para-hydroxylation sites is 1. The Morgan fingerprint density at radius 2 is 1.96 bits per heavy atom. The number of rotatable bonds is 3. The molecule has 140 valence electrons. The van der Waals surface area contributed by atoms with Gasteiger partial charge in [0, 0.05) is 17.2 Å². The molecule has 5 rings (SSSR count). The molecule has 2 aromatic carbocycles. The quantitative estimate of drug-likeness (QED) is 0.907. The first-order chi connectivity index (χ1) is 13.3. The highest BCUT2D eigenvalue weighted by Crippen LogP contribution is 2.45. The molecule has 0 saturated carbocycles. The van der Waals surface area contributed by atoms with E-state index in [1.165, 1.54) is 18.4 Å². The number of amides is 1. The predicted octanol–water partition coefficient (Wildman–Crippen LogP) is 3.41. The maximum atomic E-state index is 12.4. The average Bonchev–Trinajstić information content (AvgIpc) is 3.19. The Labute approximate surface area is 159 Å². The van der Waals surface area contributed by atoms with Gasteiger partial charge < -0.3 is 14.8 Å². The summed E-state index contributed by atoms with van der Waals surface area (Å²) in [4.78, 5) is 14.6. The molecule has 0 spiro atoms. The minimum absolute atomic E-state index is 0.0286. The van der Waals surface area contributed by atoms with Crippen molar-refractivity contribution in [2.75, 3.05) is 31.6 Å². The number of benzene rings is 2. The van der Waals surface area contributed by atoms with Gasteiger partial charge in [-0.25, -0.2) is 0 Å². The Morgan fingerprint density at radius 1 is 1.11 bits per heavy atom. The SMILES string of the molecule is O=C(CN1CCCC1)Nc1ccc2c(c1)[C@H]1Oc3ccccc3C[C@@H]1CO2. The topological polar surface area (TPSA) is 50.8 Å². The van der Waals surface area contributed by atoms with Gasteiger partial charge in [-0.3, -0.25) is 9.69 Å². The third kappa shape index (κ3) is 3.28. The summed E-state index contributed by atoms with van der Waals surface area (Å²) in [7, 11) is 0. The molecule has 27 heavy (non-hydrogen) atoms. The monoisotopic (exact) mass is 364 g/mol. The van der Waals surface area contributed by atoms with Crippen LogP contribution < -0.4 is 14.8 Å². The lowest BCUT2D eigenvalue weighted by Gasteiger charge is -2.38. The standard InChI is InChI=1S/C22H24N2O3/c25-21(13-24-9-3-4-10-24)23-17-7-8-20-18(12-17)22-16(14-26-20)11-15-5-1-2-6-19(15)27-22/h1-2,5-8,12,16,22H,3-4,9-11,13-14H2,(H,23,25)/t16-,22+/m1/s1. The van der Waals surface area contributed by atoms with Crippen molar-refractivity contribution in [2.45, 2.75) is 25.4 Å². The fraction of sp³-hybridized carbons (Fsp3) is 0.409. The van der Waals surface area contributed by atoms with Crippen molar-refractivity contribution < 1.29 is 14.3 Å². The second kappa shape index (κ2) is 6.89. The number of likely N-dealkylation sites (tertiary alicyclic amines) is 1. The fourth-order valence-electron chi connectivity index (χ4n) is 4.39. The zero-order chi connectivity index (χ0) is 18.2. The molecular formula is C22H24N2O3. The van der Waals surface area contributed by atoms with Crippen LogP contribution in [0.15, 0.2) is 42.5 Å². The molecule has 3 heterocycles. The summed E-state index contributed by atoms with van der Waals surface area (Å²) in [6, 6.07) is 14.1. The minimum atomic E-state index is -0.0286. The molecule has 3 aliphatic heterocycles. The van der Waals surface area contributed by atoms with Gasteiger partial charge in [-0.2, -0.15) is 0 Å². The summed E-state index contributed by atoms with van der Waals surface area (Å²) in [6.07, 6.45) is 3.29. The highest BCUT2D eigenvalue weighted by molar-refractivity contribution is 5.92. The zero-order valence-electron chi connectivity index (χ0n) is 15.3. The summed E-state index contributed by atoms with van der Waals surface area (Å²) in [5, 5.41) is 3.04. The molecule has 1 fully saturated rings. The smallest absolute Gasteiger partial charge is 0.238 e. The maximum Gasteiger partial charge on any atom is 0.238 e. The van der Waals surface area contributed by atoms with Crippen LogP contribution in [-0.2, 0) is 11.2 Å². The Morgan fingerprint density at radius 3 is 2.85 bits per heavy atom. The van der Waals surface area contributed by atoms with Gasteiger partial charge in [0.2, 0.25) is 5.91 Å². The first kappa shape index (κ1) is 16.6. The number of fused-ring (bicyclic) bond motifs is 4. The first-order valence-electron chi connectivity index (χ1n) is 9.80. The van der Waals surface area contributed by atoms with Crippen LogP contribution in [0.5, 0.6) is 11.5 Å². The third-order valence-electron chi connectivity index (χ3n) is 5.76. The largest absolute Gasteiger partial charge is 0.493 e. The number of ether oxygens (including phenoxy) is 2. The van der Waals surface area contributed by atoms with E-state index >= 15 is 0 Å². The summed E-state index contributed by atoms with van der Waals surface area (Å²) in [5.41, 5.74) is 3.07. The molecule has 3 aliphatic rings. The van der Waals surface area contributed by atoms with Crippen LogP contribution in [0, 0.1) is 5.92 Å². The summed E-state index contributed by atoms with van der Waals surface area (Å²) in [6.45, 7) is 3.15. The molecule has 1 amide bonds. The molecule has 5 nitrogen and oxygen atoms in total. The lowest BCUT2D eigenvalue weighted by molar-refractivity contribution is -0.117. The van der Waals surface area contributed by atoms with Gasteiger partial charge in [-0.15, -0.1) is 0 Å². The van der Waals surface area contributed by atoms with Crippen molar-refractivity contribution in [3.63, 3.8) is 0 Å². The Bertz CT molecular complexity index is 860. The van der Waals surface area contributed by atoms with Crippen molar-refractivity contribution >= 4 is 11.6 Å². The van der Waals surface area contributed by atoms with E-state index in [2.05, 4.69) is 16.3 Å². The van der Waals surface area contributed by atoms with E-state index in [9.17, 15) is 4.79 Å². The number of carbonyl (C=O) groups excluding carboxylic acids is 1. The fourth-order valence-corrected chi connectivity index (χ4v) is 4.39. The van der Waals surface area contributed by atoms with E-state index in [-0.39, 0.29) is 12.0 Å². The van der Waals surface area contributed by atoms with Gasteiger partial charge >= 0.3 is 0 Å². The van der Waals surface area contributed by atoms with Crippen molar-refractivity contribution in [3.05, 3.63) is 53.6 Å². The van der Waals surface area contributed by atoms with Crippen LogP contribution in [0.25, 0.3) is 0 Å². The lowest BCUT2D eigenvalue weighted by Crippen LogP contribution is -2.34. The summed E-state index contributed by atoms with van der Waals surface area (Å²) >= 11 is 0. The molecule has 2 aromatic rings. The number of hydrogen-bond acceptors (Lipinski definition) is 4. The van der Waals surface area contributed by atoms with Gasteiger partial charge in [0.25, 0.3) is 0 Å². The molecule has 0 aromatic heterocycles. The Balaban J connectivity index is 1.36. The molecule has 1 saturated heterocycles. The average molecular weight is 364 g/mol. The molecule has 0 radical (unpaired) electrons. The second-order valence-corrected chi connectivity index (χ2v) is 7.71. The van der Waals surface area contributed by atoms with Gasteiger partial charge in [-0.05, 0) is 62.2 Å². The highest BCUT2D eigenvalue weighted by atomic mass is 16.5. The van der Waals surface area contributed by atoms with Crippen molar-refractivity contribution in [1.29, 1.82) is 0 Å². The second-order valence-electron chi connectivity index (χ2n) is 7.71. The van der Waals surface area contributed by atoms with E-state index in [0.29, 0.717) is 19.1 Å². The predicted molar refractivity (Wildman–Crippen MR) is 103 cm³/mol. The number of carbonyl (C=O) groups is 1. The van der Waals surface area contributed by atoms with E-state index in [1.54, 1.807) is 0 Å².